The van der Waals surface area contributed by atoms with Crippen LogP contribution in [0.2, 0.25) is 10.0 Å². The van der Waals surface area contributed by atoms with Crippen molar-refractivity contribution >= 4 is 23.2 Å². The fourth-order valence-corrected chi connectivity index (χ4v) is 2.46. The van der Waals surface area contributed by atoms with Gasteiger partial charge in [-0.15, -0.1) is 0 Å². The van der Waals surface area contributed by atoms with Crippen LogP contribution in [0.15, 0.2) is 48.5 Å². The molecule has 0 bridgehead atoms. The van der Waals surface area contributed by atoms with E-state index in [1.807, 2.05) is 30.3 Å². The summed E-state index contributed by atoms with van der Waals surface area (Å²) in [6.45, 7) is 4.46. The first-order chi connectivity index (χ1) is 8.58. The highest BCUT2D eigenvalue weighted by molar-refractivity contribution is 6.30. The van der Waals surface area contributed by atoms with E-state index in [0.29, 0.717) is 11.8 Å². The summed E-state index contributed by atoms with van der Waals surface area (Å²) in [5, 5.41) is 1.57. The number of halogens is 2. The topological polar surface area (TPSA) is 0 Å². The van der Waals surface area contributed by atoms with Gasteiger partial charge in [-0.25, -0.2) is 0 Å². The number of rotatable bonds is 3. The van der Waals surface area contributed by atoms with Gasteiger partial charge in [-0.3, -0.25) is 0 Å². The van der Waals surface area contributed by atoms with E-state index in [4.69, 9.17) is 23.2 Å². The van der Waals surface area contributed by atoms with E-state index >= 15 is 0 Å². The molecule has 0 spiro atoms. The fraction of sp³-hybridized carbons (Fsp3) is 0.250. The molecule has 0 saturated heterocycles. The Morgan fingerprint density at radius 1 is 0.722 bits per heavy atom. The van der Waals surface area contributed by atoms with Crippen molar-refractivity contribution < 1.29 is 0 Å². The van der Waals surface area contributed by atoms with Crippen molar-refractivity contribution in [2.45, 2.75) is 25.7 Å². The van der Waals surface area contributed by atoms with Crippen molar-refractivity contribution in [1.82, 2.24) is 0 Å². The molecule has 2 aromatic rings. The molecule has 2 heteroatoms. The lowest BCUT2D eigenvalue weighted by molar-refractivity contribution is 0.624. The van der Waals surface area contributed by atoms with E-state index in [9.17, 15) is 0 Å². The maximum atomic E-state index is 6.04. The summed E-state index contributed by atoms with van der Waals surface area (Å²) >= 11 is 12.0. The van der Waals surface area contributed by atoms with Gasteiger partial charge in [0.15, 0.2) is 0 Å². The molecule has 0 unspecified atom stereocenters. The van der Waals surface area contributed by atoms with Gasteiger partial charge in [0.2, 0.25) is 0 Å². The zero-order valence-electron chi connectivity index (χ0n) is 10.5. The zero-order valence-corrected chi connectivity index (χ0v) is 12.0. The van der Waals surface area contributed by atoms with Crippen molar-refractivity contribution in [2.24, 2.45) is 0 Å². The molecule has 2 aromatic carbocycles. The molecule has 94 valence electrons. The molecule has 2 atom stereocenters. The number of benzene rings is 2. The van der Waals surface area contributed by atoms with Crippen LogP contribution in [0.3, 0.4) is 0 Å². The van der Waals surface area contributed by atoms with Crippen LogP contribution < -0.4 is 0 Å². The Balaban J connectivity index is 2.23. The Labute approximate surface area is 119 Å². The molecular weight excluding hydrogens is 263 g/mol. The van der Waals surface area contributed by atoms with Gasteiger partial charge in [0, 0.05) is 10.0 Å². The van der Waals surface area contributed by atoms with Crippen molar-refractivity contribution in [2.75, 3.05) is 0 Å². The predicted octanol–water partition coefficient (Wildman–Crippen LogP) is 5.90. The van der Waals surface area contributed by atoms with Crippen LogP contribution in [-0.2, 0) is 0 Å². The van der Waals surface area contributed by atoms with E-state index in [2.05, 4.69) is 32.0 Å². The normalized spacial score (nSPS) is 14.2. The summed E-state index contributed by atoms with van der Waals surface area (Å²) in [6, 6.07) is 16.1. The second kappa shape index (κ2) is 5.77. The van der Waals surface area contributed by atoms with E-state index in [0.717, 1.165) is 10.0 Å². The average Bonchev–Trinajstić information content (AvgIpc) is 2.38. The van der Waals surface area contributed by atoms with Gasteiger partial charge in [-0.2, -0.15) is 0 Å². The first kappa shape index (κ1) is 13.5. The zero-order chi connectivity index (χ0) is 13.1. The van der Waals surface area contributed by atoms with Crippen LogP contribution >= 0.6 is 23.2 Å². The minimum atomic E-state index is 0.421. The van der Waals surface area contributed by atoms with Gasteiger partial charge >= 0.3 is 0 Å². The van der Waals surface area contributed by atoms with E-state index < -0.39 is 0 Å². The molecule has 0 nitrogen and oxygen atoms in total. The van der Waals surface area contributed by atoms with Crippen LogP contribution in [0.5, 0.6) is 0 Å². The highest BCUT2D eigenvalue weighted by Gasteiger charge is 2.16. The van der Waals surface area contributed by atoms with Crippen molar-refractivity contribution in [1.29, 1.82) is 0 Å². The van der Waals surface area contributed by atoms with Gasteiger partial charge in [-0.05, 0) is 47.2 Å². The molecular formula is C16H16Cl2. The molecule has 0 aliphatic rings. The smallest absolute Gasteiger partial charge is 0.0408 e. The molecule has 0 heterocycles. The Kier molecular flexibility index (Phi) is 4.31. The van der Waals surface area contributed by atoms with Crippen molar-refractivity contribution in [3.05, 3.63) is 69.7 Å². The Hall–Kier alpha value is -0.980. The summed E-state index contributed by atoms with van der Waals surface area (Å²) < 4.78 is 0. The second-order valence-electron chi connectivity index (χ2n) is 4.68. The molecule has 2 rings (SSSR count). The van der Waals surface area contributed by atoms with Crippen molar-refractivity contribution in [3.8, 4) is 0 Å². The third kappa shape index (κ3) is 3.07. The molecule has 18 heavy (non-hydrogen) atoms. The van der Waals surface area contributed by atoms with Crippen LogP contribution in [-0.4, -0.2) is 0 Å². The fourth-order valence-electron chi connectivity index (χ4n) is 2.13. The first-order valence-corrected chi connectivity index (χ1v) is 6.84. The summed E-state index contributed by atoms with van der Waals surface area (Å²) in [4.78, 5) is 0. The lowest BCUT2D eigenvalue weighted by atomic mass is 9.84. The largest absolute Gasteiger partial charge is 0.0843 e. The summed E-state index contributed by atoms with van der Waals surface area (Å²) in [6.07, 6.45) is 0. The molecule has 0 N–H and O–H groups in total. The van der Waals surface area contributed by atoms with Crippen LogP contribution in [0, 0.1) is 0 Å². The second-order valence-corrected chi connectivity index (χ2v) is 5.56. The van der Waals surface area contributed by atoms with E-state index in [1.165, 1.54) is 11.1 Å². The highest BCUT2D eigenvalue weighted by Crippen LogP contribution is 2.33. The van der Waals surface area contributed by atoms with Gasteiger partial charge in [0.1, 0.15) is 0 Å². The maximum absolute atomic E-state index is 6.04. The van der Waals surface area contributed by atoms with Gasteiger partial charge in [-0.1, -0.05) is 61.3 Å². The Morgan fingerprint density at radius 3 is 1.94 bits per heavy atom. The quantitative estimate of drug-likeness (QED) is 0.656. The minimum absolute atomic E-state index is 0.421. The first-order valence-electron chi connectivity index (χ1n) is 6.09. The molecule has 0 aliphatic carbocycles. The Bertz CT molecular complexity index is 517. The van der Waals surface area contributed by atoms with Crippen LogP contribution in [0.1, 0.15) is 36.8 Å². The third-order valence-electron chi connectivity index (χ3n) is 3.52. The third-order valence-corrected chi connectivity index (χ3v) is 4.01. The summed E-state index contributed by atoms with van der Waals surface area (Å²) in [5.74, 6) is 0.852. The molecule has 0 aliphatic heterocycles. The molecule has 0 aromatic heterocycles. The lowest BCUT2D eigenvalue weighted by Crippen LogP contribution is -2.04. The summed E-state index contributed by atoms with van der Waals surface area (Å²) in [7, 11) is 0. The summed E-state index contributed by atoms with van der Waals surface area (Å²) in [5.41, 5.74) is 2.57. The number of hydrogen-bond acceptors (Lipinski definition) is 0. The highest BCUT2D eigenvalue weighted by atomic mass is 35.5. The van der Waals surface area contributed by atoms with E-state index in [-0.39, 0.29) is 0 Å². The van der Waals surface area contributed by atoms with Crippen LogP contribution in [0.4, 0.5) is 0 Å². The maximum Gasteiger partial charge on any atom is 0.0408 e. The minimum Gasteiger partial charge on any atom is -0.0843 e. The monoisotopic (exact) mass is 278 g/mol. The molecule has 0 saturated carbocycles. The standard InChI is InChI=1S/C16H16Cl2/c1-11(13-6-8-15(17)9-7-13)12(2)14-4-3-5-16(18)10-14/h3-12H,1-2H3/t11-,12+/m0/s1. The molecule has 0 amide bonds. The lowest BCUT2D eigenvalue weighted by Gasteiger charge is -2.21. The molecule has 0 fully saturated rings. The average molecular weight is 279 g/mol. The SMILES string of the molecule is C[C@H](c1ccc(Cl)cc1)[C@@H](C)c1cccc(Cl)c1. The van der Waals surface area contributed by atoms with Crippen LogP contribution in [0.25, 0.3) is 0 Å². The van der Waals surface area contributed by atoms with Gasteiger partial charge in [0.25, 0.3) is 0 Å². The molecule has 0 radical (unpaired) electrons. The van der Waals surface area contributed by atoms with Gasteiger partial charge < -0.3 is 0 Å². The van der Waals surface area contributed by atoms with Crippen molar-refractivity contribution in [3.63, 3.8) is 0 Å². The number of hydrogen-bond donors (Lipinski definition) is 0. The van der Waals surface area contributed by atoms with E-state index in [1.54, 1.807) is 0 Å². The van der Waals surface area contributed by atoms with Gasteiger partial charge in [0.05, 0.1) is 0 Å². The Morgan fingerprint density at radius 2 is 1.33 bits per heavy atom. The predicted molar refractivity (Wildman–Crippen MR) is 79.7 cm³/mol.